The van der Waals surface area contributed by atoms with E-state index in [0.29, 0.717) is 0 Å². The molecule has 13 N–H and O–H groups in total. The van der Waals surface area contributed by atoms with E-state index in [1.807, 2.05) is 0 Å². The van der Waals surface area contributed by atoms with Gasteiger partial charge in [0.25, 0.3) is 0 Å². The number of nitrogens with two attached hydrogens (primary N) is 3. The van der Waals surface area contributed by atoms with Crippen molar-refractivity contribution in [1.82, 2.24) is 21.3 Å². The van der Waals surface area contributed by atoms with E-state index in [1.54, 1.807) is 0 Å². The number of carboxylic acids is 2. The molecule has 4 amide bonds. The summed E-state index contributed by atoms with van der Waals surface area (Å²) in [5, 5.41) is 35.1. The quantitative estimate of drug-likeness (QED) is 0.0549. The largest absolute Gasteiger partial charge is 0.481 e. The molecule has 0 heterocycles. The number of hydrogen-bond donors (Lipinski definition) is 10. The van der Waals surface area contributed by atoms with Crippen LogP contribution in [0.2, 0.25) is 0 Å². The molecule has 0 aromatic carbocycles. The lowest BCUT2D eigenvalue weighted by molar-refractivity contribution is -0.141. The van der Waals surface area contributed by atoms with E-state index in [2.05, 4.69) is 26.3 Å². The van der Waals surface area contributed by atoms with E-state index in [0.717, 1.165) is 0 Å². The number of nitrogens with one attached hydrogen (secondary N) is 4. The van der Waals surface area contributed by atoms with Gasteiger partial charge in [-0.2, -0.15) is 0 Å². The van der Waals surface area contributed by atoms with Crippen molar-refractivity contribution in [2.75, 3.05) is 26.2 Å². The normalized spacial score (nSPS) is 12.9. The molecule has 17 nitrogen and oxygen atoms in total. The Hall–Kier alpha value is -3.99. The molecule has 0 aliphatic carbocycles. The van der Waals surface area contributed by atoms with Crippen molar-refractivity contribution in [1.29, 1.82) is 0 Å². The van der Waals surface area contributed by atoms with E-state index in [9.17, 15) is 28.8 Å². The molecule has 0 aromatic heterocycles. The van der Waals surface area contributed by atoms with Gasteiger partial charge in [0, 0.05) is 6.54 Å². The van der Waals surface area contributed by atoms with Crippen molar-refractivity contribution in [2.45, 2.75) is 37.4 Å². The van der Waals surface area contributed by atoms with Gasteiger partial charge >= 0.3 is 11.9 Å². The molecule has 0 aromatic rings. The number of aliphatic hydroxyl groups is 1. The van der Waals surface area contributed by atoms with E-state index in [-0.39, 0.29) is 25.3 Å². The first-order valence-electron chi connectivity index (χ1n) is 9.87. The van der Waals surface area contributed by atoms with Crippen molar-refractivity contribution in [3.63, 3.8) is 0 Å². The van der Waals surface area contributed by atoms with E-state index in [4.69, 9.17) is 32.5 Å². The minimum atomic E-state index is -1.59. The van der Waals surface area contributed by atoms with Crippen LogP contribution in [-0.2, 0) is 28.8 Å². The first kappa shape index (κ1) is 30.0. The molecule has 0 aliphatic heterocycles. The molecular weight excluding hydrogens is 460 g/mol. The monoisotopic (exact) mass is 490 g/mol. The Balaban J connectivity index is 5.03. The Bertz CT molecular complexity index is 785. The van der Waals surface area contributed by atoms with Gasteiger partial charge in [0.15, 0.2) is 5.96 Å². The zero-order chi connectivity index (χ0) is 26.3. The van der Waals surface area contributed by atoms with Gasteiger partial charge in [-0.1, -0.05) is 0 Å². The number of aliphatic imine (C=N–C) groups is 1. The highest BCUT2D eigenvalue weighted by Gasteiger charge is 2.27. The summed E-state index contributed by atoms with van der Waals surface area (Å²) in [6, 6.07) is -4.17. The van der Waals surface area contributed by atoms with Crippen molar-refractivity contribution in [3.05, 3.63) is 0 Å². The average Bonchev–Trinajstić information content (AvgIpc) is 2.75. The fourth-order valence-corrected chi connectivity index (χ4v) is 2.34. The number of carbonyl (C=O) groups is 6. The second-order valence-corrected chi connectivity index (χ2v) is 6.85. The van der Waals surface area contributed by atoms with Gasteiger partial charge in [-0.15, -0.1) is 0 Å². The molecule has 17 heteroatoms. The SMILES string of the molecule is NC(N)=NCCC[C@H](NC(=O)CNC(=O)[C@@H](CC(=O)O)NC(=O)[C@H](N)CO)C(=O)NCC(=O)O. The number of carbonyl (C=O) groups excluding carboxylic acids is 4. The van der Waals surface area contributed by atoms with E-state index in [1.165, 1.54) is 0 Å². The van der Waals surface area contributed by atoms with E-state index < -0.39 is 79.8 Å². The van der Waals surface area contributed by atoms with Gasteiger partial charge in [0.05, 0.1) is 19.6 Å². The molecule has 3 atom stereocenters. The van der Waals surface area contributed by atoms with Gasteiger partial charge in [0.2, 0.25) is 23.6 Å². The topological polar surface area (TPSA) is 302 Å². The average molecular weight is 490 g/mol. The first-order chi connectivity index (χ1) is 15.9. The first-order valence-corrected chi connectivity index (χ1v) is 9.87. The summed E-state index contributed by atoms with van der Waals surface area (Å²) in [6.45, 7) is -2.01. The molecule has 34 heavy (non-hydrogen) atoms. The highest BCUT2D eigenvalue weighted by atomic mass is 16.4. The van der Waals surface area contributed by atoms with Crippen LogP contribution in [0, 0.1) is 0 Å². The second-order valence-electron chi connectivity index (χ2n) is 6.85. The van der Waals surface area contributed by atoms with Crippen molar-refractivity contribution in [3.8, 4) is 0 Å². The summed E-state index contributed by atoms with van der Waals surface area (Å²) in [6.07, 6.45) is -0.561. The summed E-state index contributed by atoms with van der Waals surface area (Å²) in [4.78, 5) is 73.7. The lowest BCUT2D eigenvalue weighted by atomic mass is 10.1. The standard InChI is InChI=1S/C17H30N8O9/c18-8(7-26)14(32)25-10(4-12(28)29)16(34)22-5-11(27)24-9(2-1-3-21-17(19)20)15(33)23-6-13(30)31/h8-10,26H,1-7,18H2,(H,22,34)(H,23,33)(H,24,27)(H,25,32)(H,28,29)(H,30,31)(H4,19,20,21)/t8-,9+,10-/m1/s1. The van der Waals surface area contributed by atoms with Crippen LogP contribution in [0.4, 0.5) is 0 Å². The molecule has 0 spiro atoms. The number of nitrogens with zero attached hydrogens (tertiary/aromatic N) is 1. The van der Waals surface area contributed by atoms with Gasteiger partial charge in [0.1, 0.15) is 24.7 Å². The minimum absolute atomic E-state index is 0.0265. The molecule has 0 radical (unpaired) electrons. The lowest BCUT2D eigenvalue weighted by Crippen LogP contribution is -2.55. The summed E-state index contributed by atoms with van der Waals surface area (Å²) < 4.78 is 0. The molecule has 0 fully saturated rings. The summed E-state index contributed by atoms with van der Waals surface area (Å²) in [5.41, 5.74) is 15.7. The Morgan fingerprint density at radius 3 is 1.94 bits per heavy atom. The van der Waals surface area contributed by atoms with Gasteiger partial charge in [-0.05, 0) is 12.8 Å². The highest BCUT2D eigenvalue weighted by molar-refractivity contribution is 5.95. The molecule has 0 rings (SSSR count). The van der Waals surface area contributed by atoms with Crippen LogP contribution in [0.15, 0.2) is 4.99 Å². The third kappa shape index (κ3) is 13.4. The second kappa shape index (κ2) is 15.8. The maximum Gasteiger partial charge on any atom is 0.322 e. The lowest BCUT2D eigenvalue weighted by Gasteiger charge is -2.20. The van der Waals surface area contributed by atoms with Crippen LogP contribution >= 0.6 is 0 Å². The summed E-state index contributed by atoms with van der Waals surface area (Å²) >= 11 is 0. The maximum atomic E-state index is 12.2. The number of aliphatic carboxylic acids is 2. The number of amides is 4. The Morgan fingerprint density at radius 1 is 0.824 bits per heavy atom. The number of aliphatic hydroxyl groups excluding tert-OH is 1. The Kier molecular flexibility index (Phi) is 13.9. The molecule has 0 bridgehead atoms. The third-order valence-electron chi connectivity index (χ3n) is 3.98. The minimum Gasteiger partial charge on any atom is -0.481 e. The van der Waals surface area contributed by atoms with Gasteiger partial charge in [-0.3, -0.25) is 33.8 Å². The molecule has 0 unspecified atom stereocenters. The van der Waals surface area contributed by atoms with Gasteiger partial charge < -0.3 is 53.8 Å². The number of carboxylic acid groups (broad SMARTS) is 2. The van der Waals surface area contributed by atoms with Crippen LogP contribution in [0.3, 0.4) is 0 Å². The Labute approximate surface area is 193 Å². The number of hydrogen-bond acceptors (Lipinski definition) is 9. The number of rotatable bonds is 16. The predicted octanol–water partition coefficient (Wildman–Crippen LogP) is -5.88. The smallest absolute Gasteiger partial charge is 0.322 e. The zero-order valence-electron chi connectivity index (χ0n) is 18.2. The van der Waals surface area contributed by atoms with Crippen molar-refractivity contribution >= 4 is 41.5 Å². The fraction of sp³-hybridized carbons (Fsp3) is 0.588. The summed E-state index contributed by atoms with van der Waals surface area (Å²) in [5.74, 6) is -6.60. The molecular formula is C17H30N8O9. The van der Waals surface area contributed by atoms with Crippen LogP contribution in [0.25, 0.3) is 0 Å². The molecule has 0 saturated heterocycles. The Morgan fingerprint density at radius 2 is 1.41 bits per heavy atom. The highest BCUT2D eigenvalue weighted by Crippen LogP contribution is 1.99. The van der Waals surface area contributed by atoms with E-state index >= 15 is 0 Å². The van der Waals surface area contributed by atoms with Gasteiger partial charge in [-0.25, -0.2) is 0 Å². The molecule has 192 valence electrons. The summed E-state index contributed by atoms with van der Waals surface area (Å²) in [7, 11) is 0. The van der Waals surface area contributed by atoms with Crippen LogP contribution in [-0.4, -0.2) is 101 Å². The van der Waals surface area contributed by atoms with Crippen LogP contribution in [0.5, 0.6) is 0 Å². The fourth-order valence-electron chi connectivity index (χ4n) is 2.34. The predicted molar refractivity (Wildman–Crippen MR) is 115 cm³/mol. The molecule has 0 saturated carbocycles. The zero-order valence-corrected chi connectivity index (χ0v) is 18.2. The van der Waals surface area contributed by atoms with Crippen LogP contribution < -0.4 is 38.5 Å². The van der Waals surface area contributed by atoms with Crippen LogP contribution in [0.1, 0.15) is 19.3 Å². The van der Waals surface area contributed by atoms with Crippen molar-refractivity contribution < 1.29 is 44.1 Å². The maximum absolute atomic E-state index is 12.2. The van der Waals surface area contributed by atoms with Crippen molar-refractivity contribution in [2.24, 2.45) is 22.2 Å². The molecule has 0 aliphatic rings. The third-order valence-corrected chi connectivity index (χ3v) is 3.98. The number of guanidine groups is 1.